The van der Waals surface area contributed by atoms with Gasteiger partial charge >= 0.3 is 17.9 Å². The highest BCUT2D eigenvalue weighted by Crippen LogP contribution is 2.42. The van der Waals surface area contributed by atoms with Gasteiger partial charge in [-0.25, -0.2) is 24.4 Å². The molecule has 3 aromatic carbocycles. The number of hydrogen-bond donors (Lipinski definition) is 0. The number of pyridine rings is 1. The summed E-state index contributed by atoms with van der Waals surface area (Å²) < 4.78 is 32.2. The molecular weight excluding hydrogens is 652 g/mol. The molecule has 8 rings (SSSR count). The number of furan rings is 1. The van der Waals surface area contributed by atoms with Crippen LogP contribution < -0.4 is 0 Å². The van der Waals surface area contributed by atoms with Crippen LogP contribution in [0.4, 0.5) is 0 Å². The normalized spacial score (nSPS) is 18.4. The van der Waals surface area contributed by atoms with Crippen LogP contribution in [-0.2, 0) is 18.9 Å². The van der Waals surface area contributed by atoms with Gasteiger partial charge in [0.05, 0.1) is 40.1 Å². The highest BCUT2D eigenvalue weighted by Gasteiger charge is 2.52. The first-order valence-electron chi connectivity index (χ1n) is 16.1. The van der Waals surface area contributed by atoms with Crippen LogP contribution in [0.15, 0.2) is 139 Å². The van der Waals surface area contributed by atoms with Crippen LogP contribution >= 0.6 is 0 Å². The van der Waals surface area contributed by atoms with Gasteiger partial charge in [-0.15, -0.1) is 0 Å². The molecule has 51 heavy (non-hydrogen) atoms. The minimum Gasteiger partial charge on any atom is -0.463 e. The molecule has 12 heteroatoms. The molecule has 252 valence electrons. The Kier molecular flexibility index (Phi) is 8.48. The number of esters is 3. The average molecular weight is 681 g/mol. The number of fused-ring (bicyclic) bond motifs is 3. The number of benzene rings is 3. The van der Waals surface area contributed by atoms with E-state index in [1.165, 1.54) is 6.33 Å². The van der Waals surface area contributed by atoms with E-state index in [1.807, 2.05) is 6.07 Å². The van der Waals surface area contributed by atoms with E-state index in [4.69, 9.17) is 23.4 Å². The van der Waals surface area contributed by atoms with Gasteiger partial charge in [0.1, 0.15) is 30.4 Å². The Morgan fingerprint density at radius 3 is 1.96 bits per heavy atom. The van der Waals surface area contributed by atoms with E-state index in [2.05, 4.69) is 15.0 Å². The molecule has 12 nitrogen and oxygen atoms in total. The molecular formula is C39H28N4O8. The number of nitrogens with zero attached hydrogens (tertiary/aromatic N) is 4. The van der Waals surface area contributed by atoms with E-state index in [-0.39, 0.29) is 17.7 Å². The Balaban J connectivity index is 1.26. The van der Waals surface area contributed by atoms with Crippen LogP contribution in [0.2, 0.25) is 0 Å². The fourth-order valence-electron chi connectivity index (χ4n) is 6.23. The minimum atomic E-state index is -1.26. The van der Waals surface area contributed by atoms with E-state index >= 15 is 0 Å². The van der Waals surface area contributed by atoms with Gasteiger partial charge in [0, 0.05) is 11.6 Å². The van der Waals surface area contributed by atoms with Crippen molar-refractivity contribution in [1.82, 2.24) is 19.5 Å². The molecule has 0 aliphatic carbocycles. The summed E-state index contributed by atoms with van der Waals surface area (Å²) in [6, 6.07) is 30.7. The van der Waals surface area contributed by atoms with Gasteiger partial charge in [0.15, 0.2) is 24.2 Å². The molecule has 0 bridgehead atoms. The predicted molar refractivity (Wildman–Crippen MR) is 182 cm³/mol. The molecule has 4 atom stereocenters. The lowest BCUT2D eigenvalue weighted by Gasteiger charge is -2.25. The largest absolute Gasteiger partial charge is 0.463 e. The molecule has 1 saturated heterocycles. The van der Waals surface area contributed by atoms with Crippen LogP contribution in [0.5, 0.6) is 0 Å². The van der Waals surface area contributed by atoms with E-state index in [0.29, 0.717) is 33.6 Å². The van der Waals surface area contributed by atoms with Gasteiger partial charge in [0.25, 0.3) is 0 Å². The van der Waals surface area contributed by atoms with Crippen molar-refractivity contribution in [3.05, 3.63) is 151 Å². The molecule has 7 aromatic rings. The van der Waals surface area contributed by atoms with Crippen molar-refractivity contribution in [3.8, 4) is 11.5 Å². The van der Waals surface area contributed by atoms with Crippen LogP contribution in [0.3, 0.4) is 0 Å². The van der Waals surface area contributed by atoms with Crippen molar-refractivity contribution >= 4 is 39.8 Å². The second-order valence-electron chi connectivity index (χ2n) is 11.7. The monoisotopic (exact) mass is 680 g/mol. The standard InChI is InChI=1S/C39H28N4O8/c44-37(24-11-4-1-5-12-24)48-22-30-33(50-38(45)25-13-6-2-7-14-25)34(51-39(46)26-15-8-3-9-16-26)36(49-30)43-28-21-40-19-18-27(28)31-32(29-17-10-20-47-29)41-23-42-35(31)43/h1-21,23,30,33-34,36H,22H2/t30-,33-,34-,36-/m1/s1. The van der Waals surface area contributed by atoms with Crippen molar-refractivity contribution in [3.63, 3.8) is 0 Å². The van der Waals surface area contributed by atoms with Crippen LogP contribution in [0.25, 0.3) is 33.4 Å². The highest BCUT2D eigenvalue weighted by atomic mass is 16.7. The number of rotatable bonds is 9. The van der Waals surface area contributed by atoms with Gasteiger partial charge in [-0.2, -0.15) is 0 Å². The van der Waals surface area contributed by atoms with Gasteiger partial charge in [-0.1, -0.05) is 54.6 Å². The summed E-state index contributed by atoms with van der Waals surface area (Å²) in [5.74, 6) is -1.46. The molecule has 0 spiro atoms. The minimum absolute atomic E-state index is 0.269. The maximum atomic E-state index is 13.7. The van der Waals surface area contributed by atoms with Gasteiger partial charge in [-0.3, -0.25) is 9.55 Å². The lowest BCUT2D eigenvalue weighted by Crippen LogP contribution is -2.41. The fourth-order valence-corrected chi connectivity index (χ4v) is 6.23. The number of aromatic nitrogens is 4. The summed E-state index contributed by atoms with van der Waals surface area (Å²) in [7, 11) is 0. The molecule has 0 N–H and O–H groups in total. The Morgan fingerprint density at radius 2 is 1.33 bits per heavy atom. The molecule has 0 amide bonds. The van der Waals surface area contributed by atoms with Crippen molar-refractivity contribution in [1.29, 1.82) is 0 Å². The Bertz CT molecular complexity index is 2330. The molecule has 1 fully saturated rings. The summed E-state index contributed by atoms with van der Waals surface area (Å²) in [4.78, 5) is 54.0. The maximum Gasteiger partial charge on any atom is 0.338 e. The van der Waals surface area contributed by atoms with Gasteiger partial charge in [-0.05, 0) is 54.6 Å². The third kappa shape index (κ3) is 6.08. The third-order valence-electron chi connectivity index (χ3n) is 8.57. The van der Waals surface area contributed by atoms with Crippen molar-refractivity contribution in [2.75, 3.05) is 6.61 Å². The molecule has 4 aromatic heterocycles. The summed E-state index contributed by atoms with van der Waals surface area (Å²) >= 11 is 0. The molecule has 0 unspecified atom stereocenters. The zero-order valence-corrected chi connectivity index (χ0v) is 26.8. The Morgan fingerprint density at radius 1 is 0.706 bits per heavy atom. The lowest BCUT2D eigenvalue weighted by atomic mass is 10.1. The van der Waals surface area contributed by atoms with Crippen molar-refractivity contribution < 1.29 is 37.7 Å². The Labute approximate surface area is 290 Å². The number of ether oxygens (including phenoxy) is 4. The van der Waals surface area contributed by atoms with Crippen LogP contribution in [0.1, 0.15) is 37.3 Å². The highest BCUT2D eigenvalue weighted by molar-refractivity contribution is 6.12. The number of carbonyl (C=O) groups excluding carboxylic acids is 3. The molecule has 0 saturated carbocycles. The number of carbonyl (C=O) groups is 3. The predicted octanol–water partition coefficient (Wildman–Crippen LogP) is 6.45. The molecule has 5 heterocycles. The second-order valence-corrected chi connectivity index (χ2v) is 11.7. The van der Waals surface area contributed by atoms with Crippen molar-refractivity contribution in [2.45, 2.75) is 24.5 Å². The van der Waals surface area contributed by atoms with E-state index in [9.17, 15) is 14.4 Å². The summed E-state index contributed by atoms with van der Waals surface area (Å²) in [5.41, 5.74) is 2.38. The first-order chi connectivity index (χ1) is 25.1. The molecule has 0 radical (unpaired) electrons. The van der Waals surface area contributed by atoms with Gasteiger partial charge in [0.2, 0.25) is 0 Å². The zero-order valence-electron chi connectivity index (χ0n) is 26.8. The summed E-state index contributed by atoms with van der Waals surface area (Å²) in [6.07, 6.45) is 1.50. The summed E-state index contributed by atoms with van der Waals surface area (Å²) in [5, 5.41) is 1.36. The first-order valence-corrected chi connectivity index (χ1v) is 16.1. The third-order valence-corrected chi connectivity index (χ3v) is 8.57. The maximum absolute atomic E-state index is 13.7. The molecule has 1 aliphatic heterocycles. The zero-order chi connectivity index (χ0) is 34.7. The summed E-state index contributed by atoms with van der Waals surface area (Å²) in [6.45, 7) is -0.335. The Hall–Kier alpha value is -6.66. The van der Waals surface area contributed by atoms with E-state index < -0.39 is 42.4 Å². The van der Waals surface area contributed by atoms with E-state index in [1.54, 1.807) is 126 Å². The quantitative estimate of drug-likeness (QED) is 0.123. The SMILES string of the molecule is O=C(OC[C@H]1O[C@@H](n2c3cnccc3c3c(-c4ccco4)ncnc32)[C@H](OC(=O)c2ccccc2)[C@@H]1OC(=O)c1ccccc1)c1ccccc1. The van der Waals surface area contributed by atoms with Crippen LogP contribution in [-0.4, -0.2) is 62.3 Å². The fraction of sp³-hybridized carbons (Fsp3) is 0.128. The topological polar surface area (TPSA) is 145 Å². The second kappa shape index (κ2) is 13.7. The van der Waals surface area contributed by atoms with Crippen LogP contribution in [0, 0.1) is 0 Å². The lowest BCUT2D eigenvalue weighted by molar-refractivity contribution is -0.0588. The average Bonchev–Trinajstić information content (AvgIpc) is 3.92. The van der Waals surface area contributed by atoms with E-state index in [0.717, 1.165) is 5.39 Å². The first kappa shape index (κ1) is 31.6. The molecule has 1 aliphatic rings. The number of hydrogen-bond acceptors (Lipinski definition) is 11. The smallest absolute Gasteiger partial charge is 0.338 e. The van der Waals surface area contributed by atoms with Gasteiger partial charge < -0.3 is 23.4 Å². The van der Waals surface area contributed by atoms with Crippen molar-refractivity contribution in [2.24, 2.45) is 0 Å².